The van der Waals surface area contributed by atoms with Crippen LogP contribution in [0.4, 0.5) is 0 Å². The zero-order chi connectivity index (χ0) is 13.5. The van der Waals surface area contributed by atoms with E-state index >= 15 is 0 Å². The van der Waals surface area contributed by atoms with Gasteiger partial charge in [-0.25, -0.2) is 0 Å². The summed E-state index contributed by atoms with van der Waals surface area (Å²) in [6.07, 6.45) is 8.31. The van der Waals surface area contributed by atoms with Gasteiger partial charge >= 0.3 is 0 Å². The summed E-state index contributed by atoms with van der Waals surface area (Å²) in [7, 11) is 0. The zero-order valence-electron chi connectivity index (χ0n) is 12.2. The summed E-state index contributed by atoms with van der Waals surface area (Å²) in [6.45, 7) is 5.17. The normalized spacial score (nSPS) is 26.2. The average molecular weight is 284 g/mol. The molecule has 0 aromatic carbocycles. The van der Waals surface area contributed by atoms with Gasteiger partial charge in [-0.05, 0) is 38.4 Å². The fourth-order valence-corrected chi connectivity index (χ4v) is 4.14. The molecule has 1 amide bonds. The van der Waals surface area contributed by atoms with E-state index in [9.17, 15) is 4.79 Å². The van der Waals surface area contributed by atoms with Gasteiger partial charge in [0.2, 0.25) is 5.91 Å². The Kier molecular flexibility index (Phi) is 6.51. The van der Waals surface area contributed by atoms with Crippen molar-refractivity contribution in [2.45, 2.75) is 63.2 Å². The topological polar surface area (TPSA) is 32.3 Å². The number of rotatable bonds is 5. The van der Waals surface area contributed by atoms with Crippen molar-refractivity contribution in [3.63, 3.8) is 0 Å². The Bertz CT molecular complexity index is 271. The Labute approximate surface area is 121 Å². The van der Waals surface area contributed by atoms with Crippen LogP contribution < -0.4 is 5.32 Å². The number of likely N-dealkylation sites (tertiary alicyclic amines) is 1. The maximum absolute atomic E-state index is 12.2. The van der Waals surface area contributed by atoms with Crippen LogP contribution in [0.3, 0.4) is 0 Å². The second-order valence-electron chi connectivity index (χ2n) is 5.94. The van der Waals surface area contributed by atoms with Gasteiger partial charge in [0, 0.05) is 37.3 Å². The van der Waals surface area contributed by atoms with E-state index in [0.29, 0.717) is 18.4 Å². The van der Waals surface area contributed by atoms with Crippen LogP contribution in [0.5, 0.6) is 0 Å². The largest absolute Gasteiger partial charge is 0.343 e. The Morgan fingerprint density at radius 1 is 1.26 bits per heavy atom. The second-order valence-corrected chi connectivity index (χ2v) is 7.35. The lowest BCUT2D eigenvalue weighted by Gasteiger charge is -2.23. The van der Waals surface area contributed by atoms with E-state index in [2.05, 4.69) is 28.9 Å². The van der Waals surface area contributed by atoms with Gasteiger partial charge in [0.05, 0.1) is 0 Å². The van der Waals surface area contributed by atoms with Gasteiger partial charge < -0.3 is 10.2 Å². The molecule has 0 aromatic rings. The molecule has 2 rings (SSSR count). The van der Waals surface area contributed by atoms with Crippen molar-refractivity contribution in [2.75, 3.05) is 25.4 Å². The van der Waals surface area contributed by atoms with Crippen LogP contribution in [0.15, 0.2) is 0 Å². The molecule has 19 heavy (non-hydrogen) atoms. The molecule has 0 bridgehead atoms. The molecule has 1 N–H and O–H groups in total. The third-order valence-corrected chi connectivity index (χ3v) is 5.56. The van der Waals surface area contributed by atoms with E-state index in [0.717, 1.165) is 24.9 Å². The smallest absolute Gasteiger partial charge is 0.224 e. The van der Waals surface area contributed by atoms with E-state index in [1.165, 1.54) is 44.3 Å². The molecule has 110 valence electrons. The fourth-order valence-electron chi connectivity index (χ4n) is 2.92. The quantitative estimate of drug-likeness (QED) is 0.842. The molecule has 0 saturated carbocycles. The average Bonchev–Trinajstić information content (AvgIpc) is 2.76. The summed E-state index contributed by atoms with van der Waals surface area (Å²) in [5.74, 6) is 1.66. The maximum atomic E-state index is 12.2. The van der Waals surface area contributed by atoms with Gasteiger partial charge in [-0.2, -0.15) is 11.8 Å². The van der Waals surface area contributed by atoms with Crippen LogP contribution in [-0.2, 0) is 4.79 Å². The number of carbonyl (C=O) groups is 1. The van der Waals surface area contributed by atoms with Crippen molar-refractivity contribution in [2.24, 2.45) is 0 Å². The van der Waals surface area contributed by atoms with Gasteiger partial charge in [-0.15, -0.1) is 0 Å². The number of amides is 1. The van der Waals surface area contributed by atoms with Crippen molar-refractivity contribution in [1.82, 2.24) is 10.2 Å². The van der Waals surface area contributed by atoms with E-state index in [-0.39, 0.29) is 0 Å². The first-order valence-corrected chi connectivity index (χ1v) is 8.93. The van der Waals surface area contributed by atoms with Gasteiger partial charge in [0.25, 0.3) is 0 Å². The van der Waals surface area contributed by atoms with Gasteiger partial charge in [0.15, 0.2) is 0 Å². The summed E-state index contributed by atoms with van der Waals surface area (Å²) in [5, 5.41) is 4.32. The summed E-state index contributed by atoms with van der Waals surface area (Å²) >= 11 is 2.08. The predicted octanol–water partition coefficient (Wildman–Crippen LogP) is 2.65. The number of nitrogens with one attached hydrogen (secondary N) is 1. The van der Waals surface area contributed by atoms with E-state index in [1.54, 1.807) is 0 Å². The third kappa shape index (κ3) is 5.35. The van der Waals surface area contributed by atoms with Gasteiger partial charge in [-0.3, -0.25) is 4.79 Å². The molecule has 2 atom stereocenters. The summed E-state index contributed by atoms with van der Waals surface area (Å²) < 4.78 is 0. The SMILES string of the molecule is C[C@H](CC(=O)N1CCCCCC1)NC[C@@H]1CCCS1. The zero-order valence-corrected chi connectivity index (χ0v) is 13.0. The minimum Gasteiger partial charge on any atom is -0.343 e. The predicted molar refractivity (Wildman–Crippen MR) is 82.6 cm³/mol. The summed E-state index contributed by atoms with van der Waals surface area (Å²) in [4.78, 5) is 14.3. The number of nitrogens with zero attached hydrogens (tertiary/aromatic N) is 1. The first kappa shape index (κ1) is 15.2. The van der Waals surface area contributed by atoms with E-state index in [4.69, 9.17) is 0 Å². The van der Waals surface area contributed by atoms with Crippen molar-refractivity contribution >= 4 is 17.7 Å². The molecule has 4 heteroatoms. The Morgan fingerprint density at radius 2 is 2.00 bits per heavy atom. The van der Waals surface area contributed by atoms with Crippen molar-refractivity contribution in [3.8, 4) is 0 Å². The molecular weight excluding hydrogens is 256 g/mol. The van der Waals surface area contributed by atoms with Crippen molar-refractivity contribution in [3.05, 3.63) is 0 Å². The summed E-state index contributed by atoms with van der Waals surface area (Å²) in [5.41, 5.74) is 0. The lowest BCUT2D eigenvalue weighted by atomic mass is 10.2. The van der Waals surface area contributed by atoms with Crippen molar-refractivity contribution in [1.29, 1.82) is 0 Å². The molecule has 2 saturated heterocycles. The number of carbonyl (C=O) groups excluding carboxylic acids is 1. The molecule has 0 radical (unpaired) electrons. The molecule has 0 aromatic heterocycles. The Balaban J connectivity index is 1.65. The molecule has 3 nitrogen and oxygen atoms in total. The van der Waals surface area contributed by atoms with Gasteiger partial charge in [0.1, 0.15) is 0 Å². The third-order valence-electron chi connectivity index (χ3n) is 4.16. The minimum absolute atomic E-state index is 0.317. The van der Waals surface area contributed by atoms with Crippen LogP contribution in [0, 0.1) is 0 Å². The monoisotopic (exact) mass is 284 g/mol. The Hall–Kier alpha value is -0.220. The molecule has 0 spiro atoms. The van der Waals surface area contributed by atoms with Crippen LogP contribution >= 0.6 is 11.8 Å². The van der Waals surface area contributed by atoms with E-state index in [1.807, 2.05) is 0 Å². The molecule has 2 fully saturated rings. The number of hydrogen-bond acceptors (Lipinski definition) is 3. The minimum atomic E-state index is 0.317. The first-order valence-electron chi connectivity index (χ1n) is 7.88. The molecule has 2 heterocycles. The van der Waals surface area contributed by atoms with Crippen LogP contribution in [-0.4, -0.2) is 47.5 Å². The van der Waals surface area contributed by atoms with Crippen molar-refractivity contribution < 1.29 is 4.79 Å². The molecule has 2 aliphatic rings. The van der Waals surface area contributed by atoms with Crippen LogP contribution in [0.2, 0.25) is 0 Å². The standard InChI is InChI=1S/C15H28N2OS/c1-13(16-12-14-7-6-10-19-14)11-15(18)17-8-4-2-3-5-9-17/h13-14,16H,2-12H2,1H3/t13-,14+/m1/s1. The van der Waals surface area contributed by atoms with Crippen LogP contribution in [0.25, 0.3) is 0 Å². The first-order chi connectivity index (χ1) is 9.25. The lowest BCUT2D eigenvalue weighted by Crippen LogP contribution is -2.39. The highest BCUT2D eigenvalue weighted by molar-refractivity contribution is 8.00. The Morgan fingerprint density at radius 3 is 2.63 bits per heavy atom. The fraction of sp³-hybridized carbons (Fsp3) is 0.933. The van der Waals surface area contributed by atoms with Crippen LogP contribution in [0.1, 0.15) is 51.9 Å². The molecule has 0 unspecified atom stereocenters. The molecule has 2 aliphatic heterocycles. The molecular formula is C15H28N2OS. The molecule has 0 aliphatic carbocycles. The van der Waals surface area contributed by atoms with Gasteiger partial charge in [-0.1, -0.05) is 12.8 Å². The number of hydrogen-bond donors (Lipinski definition) is 1. The maximum Gasteiger partial charge on any atom is 0.224 e. The highest BCUT2D eigenvalue weighted by Gasteiger charge is 2.20. The highest BCUT2D eigenvalue weighted by atomic mass is 32.2. The van der Waals surface area contributed by atoms with E-state index < -0.39 is 0 Å². The highest BCUT2D eigenvalue weighted by Crippen LogP contribution is 2.25. The summed E-state index contributed by atoms with van der Waals surface area (Å²) in [6, 6.07) is 0.317. The number of thioether (sulfide) groups is 1. The second kappa shape index (κ2) is 8.15. The lowest BCUT2D eigenvalue weighted by molar-refractivity contribution is -0.131.